The van der Waals surface area contributed by atoms with Crippen molar-refractivity contribution in [2.24, 2.45) is 7.05 Å². The summed E-state index contributed by atoms with van der Waals surface area (Å²) in [7, 11) is 1.87. The van der Waals surface area contributed by atoms with Crippen LogP contribution in [-0.2, 0) is 18.3 Å². The Bertz CT molecular complexity index is 1170. The van der Waals surface area contributed by atoms with E-state index in [1.54, 1.807) is 10.9 Å². The van der Waals surface area contributed by atoms with Gasteiger partial charge in [-0.2, -0.15) is 0 Å². The van der Waals surface area contributed by atoms with E-state index in [1.165, 1.54) is 0 Å². The molecule has 5 rings (SSSR count). The highest BCUT2D eigenvalue weighted by atomic mass is 16.5. The number of para-hydroxylation sites is 2. The average molecular weight is 335 g/mol. The van der Waals surface area contributed by atoms with E-state index in [2.05, 4.69) is 9.97 Å². The zero-order valence-electron chi connectivity index (χ0n) is 13.8. The molecule has 1 aromatic carbocycles. The monoisotopic (exact) mass is 335 g/mol. The predicted molar refractivity (Wildman–Crippen MR) is 94.6 cm³/mol. The first kappa shape index (κ1) is 14.5. The van der Waals surface area contributed by atoms with Crippen LogP contribution in [0.2, 0.25) is 0 Å². The highest BCUT2D eigenvalue weighted by Crippen LogP contribution is 2.23. The van der Waals surface area contributed by atoms with Gasteiger partial charge in [-0.15, -0.1) is 0 Å². The third kappa shape index (κ3) is 2.16. The summed E-state index contributed by atoms with van der Waals surface area (Å²) < 4.78 is 9.12. The van der Waals surface area contributed by atoms with Crippen LogP contribution in [0.5, 0.6) is 0 Å². The predicted octanol–water partition coefficient (Wildman–Crippen LogP) is 2.01. The summed E-state index contributed by atoms with van der Waals surface area (Å²) in [6.45, 7) is 1.29. The lowest BCUT2D eigenvalue weighted by atomic mass is 10.2. The highest BCUT2D eigenvalue weighted by Gasteiger charge is 2.21. The van der Waals surface area contributed by atoms with Gasteiger partial charge in [-0.25, -0.2) is 15.0 Å². The van der Waals surface area contributed by atoms with Crippen LogP contribution < -0.4 is 5.56 Å². The Labute approximate surface area is 142 Å². The Morgan fingerprint density at radius 1 is 1.20 bits per heavy atom. The van der Waals surface area contributed by atoms with Crippen molar-refractivity contribution >= 4 is 33.2 Å². The van der Waals surface area contributed by atoms with Gasteiger partial charge in [0.05, 0.1) is 30.0 Å². The Kier molecular flexibility index (Phi) is 3.11. The molecule has 7 heteroatoms. The quantitative estimate of drug-likeness (QED) is 0.560. The molecule has 0 saturated carbocycles. The minimum Gasteiger partial charge on any atom is -0.376 e. The smallest absolute Gasteiger partial charge is 0.265 e. The fourth-order valence-corrected chi connectivity index (χ4v) is 3.57. The Balaban J connectivity index is 1.79. The fraction of sp³-hybridized carbons (Fsp3) is 0.333. The first-order chi connectivity index (χ1) is 12.2. The van der Waals surface area contributed by atoms with Crippen molar-refractivity contribution in [3.8, 4) is 0 Å². The molecular weight excluding hydrogens is 318 g/mol. The van der Waals surface area contributed by atoms with Crippen molar-refractivity contribution < 1.29 is 4.74 Å². The Hall–Kier alpha value is -2.80. The summed E-state index contributed by atoms with van der Waals surface area (Å²) in [5, 5.41) is 0.524. The van der Waals surface area contributed by atoms with Crippen LogP contribution in [0.3, 0.4) is 0 Å². The largest absolute Gasteiger partial charge is 0.376 e. The van der Waals surface area contributed by atoms with E-state index < -0.39 is 0 Å². The standard InChI is InChI=1S/C18H17N5O2/c1-22-16-14(15-17(22)21-13-7-3-2-6-12(13)20-15)18(24)23(10-19-16)9-11-5-4-8-25-11/h2-3,6-7,10-11H,4-5,8-9H2,1H3/t11-/m0/s1. The minimum atomic E-state index is -0.0873. The molecule has 1 atom stereocenters. The molecule has 0 N–H and O–H groups in total. The third-order valence-electron chi connectivity index (χ3n) is 4.87. The van der Waals surface area contributed by atoms with Gasteiger partial charge in [0.25, 0.3) is 5.56 Å². The zero-order chi connectivity index (χ0) is 17.0. The summed E-state index contributed by atoms with van der Waals surface area (Å²) in [6, 6.07) is 7.67. The minimum absolute atomic E-state index is 0.0823. The summed E-state index contributed by atoms with van der Waals surface area (Å²) >= 11 is 0. The van der Waals surface area contributed by atoms with Crippen molar-refractivity contribution in [1.82, 2.24) is 24.1 Å². The molecule has 0 bridgehead atoms. The first-order valence-corrected chi connectivity index (χ1v) is 8.44. The molecular formula is C18H17N5O2. The molecule has 7 nitrogen and oxygen atoms in total. The van der Waals surface area contributed by atoms with Crippen LogP contribution in [0.1, 0.15) is 12.8 Å². The summed E-state index contributed by atoms with van der Waals surface area (Å²) in [5.41, 5.74) is 3.38. The maximum atomic E-state index is 13.1. The molecule has 0 amide bonds. The summed E-state index contributed by atoms with van der Waals surface area (Å²) in [4.78, 5) is 26.9. The van der Waals surface area contributed by atoms with Crippen molar-refractivity contribution in [2.75, 3.05) is 6.61 Å². The number of nitrogens with zero attached hydrogens (tertiary/aromatic N) is 5. The number of benzene rings is 1. The third-order valence-corrected chi connectivity index (χ3v) is 4.87. The molecule has 0 radical (unpaired) electrons. The van der Waals surface area contributed by atoms with Crippen LogP contribution in [-0.4, -0.2) is 36.8 Å². The average Bonchev–Trinajstić information content (AvgIpc) is 3.23. The fourth-order valence-electron chi connectivity index (χ4n) is 3.57. The molecule has 4 aromatic rings. The van der Waals surface area contributed by atoms with E-state index in [-0.39, 0.29) is 11.7 Å². The Morgan fingerprint density at radius 3 is 2.76 bits per heavy atom. The normalized spacial score (nSPS) is 17.9. The number of hydrogen-bond donors (Lipinski definition) is 0. The van der Waals surface area contributed by atoms with Gasteiger partial charge in [0.2, 0.25) is 0 Å². The number of hydrogen-bond acceptors (Lipinski definition) is 5. The van der Waals surface area contributed by atoms with E-state index in [9.17, 15) is 4.79 Å². The van der Waals surface area contributed by atoms with E-state index in [4.69, 9.17) is 9.72 Å². The van der Waals surface area contributed by atoms with E-state index >= 15 is 0 Å². The van der Waals surface area contributed by atoms with Crippen LogP contribution in [0, 0.1) is 0 Å². The second kappa shape index (κ2) is 5.35. The number of fused-ring (bicyclic) bond motifs is 4. The van der Waals surface area contributed by atoms with Gasteiger partial charge in [0.15, 0.2) is 11.3 Å². The second-order valence-electron chi connectivity index (χ2n) is 6.48. The molecule has 25 heavy (non-hydrogen) atoms. The number of ether oxygens (including phenoxy) is 1. The van der Waals surface area contributed by atoms with Gasteiger partial charge >= 0.3 is 0 Å². The highest BCUT2D eigenvalue weighted by molar-refractivity contribution is 6.04. The lowest BCUT2D eigenvalue weighted by molar-refractivity contribution is 0.0960. The van der Waals surface area contributed by atoms with E-state index in [0.29, 0.717) is 28.7 Å². The van der Waals surface area contributed by atoms with Gasteiger partial charge in [0, 0.05) is 13.7 Å². The second-order valence-corrected chi connectivity index (χ2v) is 6.48. The first-order valence-electron chi connectivity index (χ1n) is 8.44. The summed E-state index contributed by atoms with van der Waals surface area (Å²) in [5.74, 6) is 0. The van der Waals surface area contributed by atoms with Gasteiger partial charge in [-0.1, -0.05) is 12.1 Å². The molecule has 0 spiro atoms. The number of aromatic nitrogens is 5. The molecule has 0 unspecified atom stereocenters. The molecule has 0 aliphatic carbocycles. The van der Waals surface area contributed by atoms with Crippen molar-refractivity contribution in [3.63, 3.8) is 0 Å². The molecule has 1 aliphatic heterocycles. The lowest BCUT2D eigenvalue weighted by Crippen LogP contribution is -2.26. The van der Waals surface area contributed by atoms with Crippen LogP contribution >= 0.6 is 0 Å². The maximum Gasteiger partial charge on any atom is 0.265 e. The van der Waals surface area contributed by atoms with Crippen molar-refractivity contribution in [3.05, 3.63) is 40.9 Å². The van der Waals surface area contributed by atoms with Crippen LogP contribution in [0.25, 0.3) is 33.2 Å². The number of rotatable bonds is 2. The molecule has 1 fully saturated rings. The van der Waals surface area contributed by atoms with Crippen LogP contribution in [0.15, 0.2) is 35.4 Å². The van der Waals surface area contributed by atoms with Crippen molar-refractivity contribution in [2.45, 2.75) is 25.5 Å². The Morgan fingerprint density at radius 2 is 2.00 bits per heavy atom. The van der Waals surface area contributed by atoms with E-state index in [1.807, 2.05) is 35.9 Å². The topological polar surface area (TPSA) is 74.8 Å². The molecule has 3 aromatic heterocycles. The molecule has 1 aliphatic rings. The van der Waals surface area contributed by atoms with Gasteiger partial charge in [0.1, 0.15) is 10.9 Å². The van der Waals surface area contributed by atoms with Gasteiger partial charge in [-0.05, 0) is 25.0 Å². The van der Waals surface area contributed by atoms with Gasteiger partial charge in [-0.3, -0.25) is 9.36 Å². The van der Waals surface area contributed by atoms with E-state index in [0.717, 1.165) is 30.5 Å². The van der Waals surface area contributed by atoms with Crippen LogP contribution in [0.4, 0.5) is 0 Å². The molecule has 126 valence electrons. The maximum absolute atomic E-state index is 13.1. The van der Waals surface area contributed by atoms with Crippen molar-refractivity contribution in [1.29, 1.82) is 0 Å². The summed E-state index contributed by atoms with van der Waals surface area (Å²) in [6.07, 6.45) is 3.70. The van der Waals surface area contributed by atoms with Gasteiger partial charge < -0.3 is 9.30 Å². The molecule has 4 heterocycles. The zero-order valence-corrected chi connectivity index (χ0v) is 13.8. The SMILES string of the molecule is Cn1c2nc3ccccc3nc2c2c(=O)n(C[C@@H]3CCCO3)cnc21. The molecule has 1 saturated heterocycles. The number of aryl methyl sites for hydroxylation is 1. The lowest BCUT2D eigenvalue weighted by Gasteiger charge is -2.11.